The summed E-state index contributed by atoms with van der Waals surface area (Å²) in [6.07, 6.45) is 0. The van der Waals surface area contributed by atoms with Gasteiger partial charge in [-0.05, 0) is 42.1 Å². The third-order valence-electron chi connectivity index (χ3n) is 3.43. The summed E-state index contributed by atoms with van der Waals surface area (Å²) in [5, 5.41) is 2.05. The number of aryl methyl sites for hydroxylation is 1. The van der Waals surface area contributed by atoms with E-state index in [0.29, 0.717) is 17.8 Å². The second-order valence-corrected chi connectivity index (χ2v) is 6.36. The highest BCUT2D eigenvalue weighted by Gasteiger charge is 2.18. The summed E-state index contributed by atoms with van der Waals surface area (Å²) in [4.78, 5) is 17.6. The highest BCUT2D eigenvalue weighted by molar-refractivity contribution is 7.10. The minimum absolute atomic E-state index is 0.0150. The number of nitrogen functional groups attached to an aromatic ring is 1. The van der Waals surface area contributed by atoms with Crippen molar-refractivity contribution < 1.29 is 4.79 Å². The van der Waals surface area contributed by atoms with Crippen LogP contribution in [0.15, 0.2) is 29.6 Å². The Bertz CT molecular complexity index is 649. The smallest absolute Gasteiger partial charge is 0.256 e. The maximum atomic E-state index is 12.7. The fourth-order valence-electron chi connectivity index (χ4n) is 2.17. The van der Waals surface area contributed by atoms with Gasteiger partial charge in [0, 0.05) is 37.4 Å². The molecule has 1 aromatic heterocycles. The van der Waals surface area contributed by atoms with E-state index in [9.17, 15) is 4.79 Å². The molecule has 0 radical (unpaired) electrons. The Hall–Kier alpha value is -2.01. The van der Waals surface area contributed by atoms with Gasteiger partial charge in [-0.25, -0.2) is 0 Å². The van der Waals surface area contributed by atoms with Crippen LogP contribution < -0.4 is 10.6 Å². The number of thiophene rings is 1. The highest BCUT2D eigenvalue weighted by Crippen LogP contribution is 2.24. The van der Waals surface area contributed by atoms with E-state index in [1.807, 2.05) is 38.2 Å². The third kappa shape index (κ3) is 3.36. The molecule has 0 aliphatic rings. The lowest BCUT2D eigenvalue weighted by Crippen LogP contribution is -2.28. The Morgan fingerprint density at radius 1 is 1.24 bits per heavy atom. The molecule has 0 atom stereocenters. The van der Waals surface area contributed by atoms with E-state index in [2.05, 4.69) is 18.4 Å². The van der Waals surface area contributed by atoms with Crippen molar-refractivity contribution >= 4 is 28.6 Å². The third-order valence-corrected chi connectivity index (χ3v) is 4.44. The maximum absolute atomic E-state index is 12.7. The van der Waals surface area contributed by atoms with Crippen LogP contribution in [0.1, 0.15) is 20.8 Å². The molecular formula is C16H21N3OS. The summed E-state index contributed by atoms with van der Waals surface area (Å²) < 4.78 is 0. The number of rotatable bonds is 4. The lowest BCUT2D eigenvalue weighted by Gasteiger charge is -2.22. The summed E-state index contributed by atoms with van der Waals surface area (Å²) >= 11 is 1.68. The van der Waals surface area contributed by atoms with E-state index in [1.165, 1.54) is 10.4 Å². The first kappa shape index (κ1) is 15.4. The normalized spacial score (nSPS) is 10.5. The number of anilines is 2. The van der Waals surface area contributed by atoms with Crippen LogP contribution in [-0.4, -0.2) is 32.0 Å². The van der Waals surface area contributed by atoms with Crippen LogP contribution in [0.4, 0.5) is 11.4 Å². The molecule has 21 heavy (non-hydrogen) atoms. The Morgan fingerprint density at radius 2 is 1.95 bits per heavy atom. The minimum atomic E-state index is -0.0150. The molecule has 4 nitrogen and oxygen atoms in total. The van der Waals surface area contributed by atoms with E-state index in [0.717, 1.165) is 5.69 Å². The second-order valence-electron chi connectivity index (χ2n) is 5.36. The summed E-state index contributed by atoms with van der Waals surface area (Å²) in [6.45, 7) is 2.68. The highest BCUT2D eigenvalue weighted by atomic mass is 32.1. The predicted octanol–water partition coefficient (Wildman–Crippen LogP) is 2.98. The molecule has 0 aliphatic heterocycles. The summed E-state index contributed by atoms with van der Waals surface area (Å²) in [6, 6.07) is 7.52. The number of hydrogen-bond acceptors (Lipinski definition) is 4. The molecule has 0 saturated carbocycles. The Balaban J connectivity index is 2.27. The van der Waals surface area contributed by atoms with Crippen molar-refractivity contribution in [3.05, 3.63) is 45.6 Å². The topological polar surface area (TPSA) is 49.6 Å². The fourth-order valence-corrected chi connectivity index (χ4v) is 3.13. The molecule has 5 heteroatoms. The van der Waals surface area contributed by atoms with Crippen molar-refractivity contribution in [2.45, 2.75) is 13.5 Å². The molecule has 0 aliphatic carbocycles. The van der Waals surface area contributed by atoms with E-state index in [1.54, 1.807) is 22.3 Å². The zero-order valence-corrected chi connectivity index (χ0v) is 13.7. The van der Waals surface area contributed by atoms with E-state index < -0.39 is 0 Å². The zero-order chi connectivity index (χ0) is 15.6. The first-order valence-electron chi connectivity index (χ1n) is 6.75. The molecule has 0 fully saturated rings. The van der Waals surface area contributed by atoms with E-state index in [4.69, 9.17) is 5.73 Å². The average Bonchev–Trinajstić information content (AvgIpc) is 2.83. The molecule has 2 rings (SSSR count). The molecular weight excluding hydrogens is 282 g/mol. The first-order chi connectivity index (χ1) is 9.90. The van der Waals surface area contributed by atoms with Crippen LogP contribution in [0.5, 0.6) is 0 Å². The van der Waals surface area contributed by atoms with Crippen LogP contribution in [0.2, 0.25) is 0 Å². The number of carbonyl (C=O) groups excluding carboxylic acids is 1. The second kappa shape index (κ2) is 6.18. The minimum Gasteiger partial charge on any atom is -0.399 e. The number of hydrogen-bond donors (Lipinski definition) is 1. The molecule has 2 N–H and O–H groups in total. The lowest BCUT2D eigenvalue weighted by molar-refractivity contribution is 0.0787. The van der Waals surface area contributed by atoms with Gasteiger partial charge >= 0.3 is 0 Å². The standard InChI is InChI=1S/C16H21N3OS/c1-11-7-8-21-15(11)10-19(4)16(20)13-9-12(17)5-6-14(13)18(2)3/h5-9H,10,17H2,1-4H3. The van der Waals surface area contributed by atoms with Crippen molar-refractivity contribution in [2.24, 2.45) is 0 Å². The monoisotopic (exact) mass is 303 g/mol. The molecule has 0 spiro atoms. The Labute approximate surface area is 129 Å². The van der Waals surface area contributed by atoms with Crippen LogP contribution in [0, 0.1) is 6.92 Å². The van der Waals surface area contributed by atoms with Crippen molar-refractivity contribution in [1.82, 2.24) is 4.90 Å². The Morgan fingerprint density at radius 3 is 2.52 bits per heavy atom. The zero-order valence-electron chi connectivity index (χ0n) is 12.9. The molecule has 1 heterocycles. The number of carbonyl (C=O) groups is 1. The van der Waals surface area contributed by atoms with Crippen LogP contribution in [-0.2, 0) is 6.54 Å². The summed E-state index contributed by atoms with van der Waals surface area (Å²) in [5.41, 5.74) is 9.18. The molecule has 0 bridgehead atoms. The number of nitrogens with zero attached hydrogens (tertiary/aromatic N) is 2. The van der Waals surface area contributed by atoms with Crippen molar-refractivity contribution in [1.29, 1.82) is 0 Å². The lowest BCUT2D eigenvalue weighted by atomic mass is 10.1. The van der Waals surface area contributed by atoms with Gasteiger partial charge in [0.2, 0.25) is 0 Å². The van der Waals surface area contributed by atoms with E-state index in [-0.39, 0.29) is 5.91 Å². The van der Waals surface area contributed by atoms with Gasteiger partial charge in [0.15, 0.2) is 0 Å². The summed E-state index contributed by atoms with van der Waals surface area (Å²) in [5.74, 6) is -0.0150. The SMILES string of the molecule is Cc1ccsc1CN(C)C(=O)c1cc(N)ccc1N(C)C. The van der Waals surface area contributed by atoms with Gasteiger partial charge in [-0.3, -0.25) is 4.79 Å². The average molecular weight is 303 g/mol. The number of amides is 1. The molecule has 1 aromatic carbocycles. The van der Waals surface area contributed by atoms with Gasteiger partial charge in [0.1, 0.15) is 0 Å². The molecule has 112 valence electrons. The van der Waals surface area contributed by atoms with Gasteiger partial charge in [-0.1, -0.05) is 0 Å². The maximum Gasteiger partial charge on any atom is 0.256 e. The fraction of sp³-hybridized carbons (Fsp3) is 0.312. The molecule has 1 amide bonds. The van der Waals surface area contributed by atoms with Gasteiger partial charge in [-0.2, -0.15) is 0 Å². The number of benzene rings is 1. The van der Waals surface area contributed by atoms with Gasteiger partial charge in [0.05, 0.1) is 12.1 Å². The molecule has 0 saturated heterocycles. The van der Waals surface area contributed by atoms with Crippen molar-refractivity contribution in [2.75, 3.05) is 31.8 Å². The van der Waals surface area contributed by atoms with Gasteiger partial charge in [-0.15, -0.1) is 11.3 Å². The van der Waals surface area contributed by atoms with E-state index >= 15 is 0 Å². The molecule has 0 unspecified atom stereocenters. The number of nitrogens with two attached hydrogens (primary N) is 1. The van der Waals surface area contributed by atoms with Gasteiger partial charge in [0.25, 0.3) is 5.91 Å². The van der Waals surface area contributed by atoms with Crippen LogP contribution in [0.3, 0.4) is 0 Å². The first-order valence-corrected chi connectivity index (χ1v) is 7.63. The summed E-state index contributed by atoms with van der Waals surface area (Å²) in [7, 11) is 5.67. The largest absolute Gasteiger partial charge is 0.399 e. The van der Waals surface area contributed by atoms with Gasteiger partial charge < -0.3 is 15.5 Å². The van der Waals surface area contributed by atoms with Crippen LogP contribution >= 0.6 is 11.3 Å². The van der Waals surface area contributed by atoms with Crippen molar-refractivity contribution in [3.63, 3.8) is 0 Å². The predicted molar refractivity (Wildman–Crippen MR) is 90.0 cm³/mol. The molecule has 2 aromatic rings. The van der Waals surface area contributed by atoms with Crippen molar-refractivity contribution in [3.8, 4) is 0 Å². The quantitative estimate of drug-likeness (QED) is 0.883. The Kier molecular flexibility index (Phi) is 4.53. The van der Waals surface area contributed by atoms with Crippen LogP contribution in [0.25, 0.3) is 0 Å².